The van der Waals surface area contributed by atoms with Crippen molar-refractivity contribution in [3.8, 4) is 11.4 Å². The van der Waals surface area contributed by atoms with Gasteiger partial charge in [-0.2, -0.15) is 15.0 Å². The van der Waals surface area contributed by atoms with E-state index in [1.165, 1.54) is 16.9 Å². The van der Waals surface area contributed by atoms with Gasteiger partial charge in [-0.1, -0.05) is 36.4 Å². The first kappa shape index (κ1) is 17.0. The van der Waals surface area contributed by atoms with E-state index in [0.717, 1.165) is 5.69 Å². The number of benzene rings is 2. The number of para-hydroxylation sites is 2. The lowest BCUT2D eigenvalue weighted by atomic mass is 10.2. The molecule has 5 nitrogen and oxygen atoms in total. The summed E-state index contributed by atoms with van der Waals surface area (Å²) in [6.07, 6.45) is -3.10. The lowest BCUT2D eigenvalue weighted by Gasteiger charge is -2.13. The first-order valence-electron chi connectivity index (χ1n) is 7.52. The number of ether oxygens (including phenoxy) is 1. The van der Waals surface area contributed by atoms with E-state index < -0.39 is 6.36 Å². The summed E-state index contributed by atoms with van der Waals surface area (Å²) in [5, 5.41) is 11.5. The molecule has 0 aliphatic carbocycles. The van der Waals surface area contributed by atoms with Gasteiger partial charge < -0.3 is 10.1 Å². The summed E-state index contributed by atoms with van der Waals surface area (Å²) in [6.45, 7) is 0.581. The van der Waals surface area contributed by atoms with Gasteiger partial charge in [0.2, 0.25) is 0 Å². The average Bonchev–Trinajstić information content (AvgIpc) is 3.05. The molecule has 0 saturated heterocycles. The second kappa shape index (κ2) is 7.35. The van der Waals surface area contributed by atoms with Crippen molar-refractivity contribution in [1.82, 2.24) is 20.3 Å². The Morgan fingerprint density at radius 2 is 1.68 bits per heavy atom. The average molecular weight is 348 g/mol. The molecule has 0 bridgehead atoms. The summed E-state index contributed by atoms with van der Waals surface area (Å²) in [4.78, 5) is 1.50. The standard InChI is InChI=1S/C17H15F3N4O/c18-17(19,20)25-16-9-5-4-6-13(16)10-21-11-14-12-22-24(23-14)15-7-2-1-3-8-15/h1-9,12,21H,10-11H2. The first-order valence-corrected chi connectivity index (χ1v) is 7.52. The van der Waals surface area contributed by atoms with Crippen molar-refractivity contribution in [2.24, 2.45) is 0 Å². The Kier molecular flexibility index (Phi) is 4.99. The Morgan fingerprint density at radius 3 is 2.44 bits per heavy atom. The number of rotatable bonds is 6. The number of aromatic nitrogens is 3. The van der Waals surface area contributed by atoms with Gasteiger partial charge in [0.05, 0.1) is 17.6 Å². The molecule has 0 radical (unpaired) electrons. The van der Waals surface area contributed by atoms with Gasteiger partial charge >= 0.3 is 6.36 Å². The Morgan fingerprint density at radius 1 is 0.960 bits per heavy atom. The Labute approximate surface area is 142 Å². The zero-order valence-electron chi connectivity index (χ0n) is 13.1. The molecule has 130 valence electrons. The molecule has 1 heterocycles. The minimum Gasteiger partial charge on any atom is -0.405 e. The highest BCUT2D eigenvalue weighted by Crippen LogP contribution is 2.26. The van der Waals surface area contributed by atoms with Crippen LogP contribution in [0.4, 0.5) is 13.2 Å². The van der Waals surface area contributed by atoms with Crippen LogP contribution in [0.2, 0.25) is 0 Å². The Hall–Kier alpha value is -2.87. The van der Waals surface area contributed by atoms with Gasteiger partial charge in [0.15, 0.2) is 0 Å². The quantitative estimate of drug-likeness (QED) is 0.741. The van der Waals surface area contributed by atoms with Crippen molar-refractivity contribution < 1.29 is 17.9 Å². The molecule has 3 rings (SSSR count). The molecule has 25 heavy (non-hydrogen) atoms. The third-order valence-corrected chi connectivity index (χ3v) is 3.35. The summed E-state index contributed by atoms with van der Waals surface area (Å²) in [7, 11) is 0. The fourth-order valence-electron chi connectivity index (χ4n) is 2.26. The molecular formula is C17H15F3N4O. The minimum atomic E-state index is -4.71. The van der Waals surface area contributed by atoms with Gasteiger partial charge in [0, 0.05) is 18.7 Å². The molecule has 0 amide bonds. The smallest absolute Gasteiger partial charge is 0.405 e. The molecule has 0 spiro atoms. The molecule has 8 heteroatoms. The molecule has 0 fully saturated rings. The van der Waals surface area contributed by atoms with Crippen LogP contribution in [0, 0.1) is 0 Å². The number of alkyl halides is 3. The summed E-state index contributed by atoms with van der Waals surface area (Å²) in [5.74, 6) is -0.213. The lowest BCUT2D eigenvalue weighted by molar-refractivity contribution is -0.274. The van der Waals surface area contributed by atoms with Gasteiger partial charge in [-0.25, -0.2) is 0 Å². The van der Waals surface area contributed by atoms with Crippen LogP contribution in [0.5, 0.6) is 5.75 Å². The molecular weight excluding hydrogens is 333 g/mol. The number of hydrogen-bond acceptors (Lipinski definition) is 4. The largest absolute Gasteiger partial charge is 0.573 e. The van der Waals surface area contributed by atoms with Gasteiger partial charge in [-0.3, -0.25) is 0 Å². The zero-order chi connectivity index (χ0) is 17.7. The van der Waals surface area contributed by atoms with E-state index in [-0.39, 0.29) is 12.3 Å². The van der Waals surface area contributed by atoms with E-state index in [2.05, 4.69) is 20.3 Å². The van der Waals surface area contributed by atoms with Crippen LogP contribution >= 0.6 is 0 Å². The van der Waals surface area contributed by atoms with Gasteiger partial charge in [0.1, 0.15) is 5.75 Å². The zero-order valence-corrected chi connectivity index (χ0v) is 13.1. The highest BCUT2D eigenvalue weighted by Gasteiger charge is 2.31. The van der Waals surface area contributed by atoms with Crippen LogP contribution in [0.3, 0.4) is 0 Å². The van der Waals surface area contributed by atoms with Crippen molar-refractivity contribution in [1.29, 1.82) is 0 Å². The maximum Gasteiger partial charge on any atom is 0.573 e. The Bertz CT molecular complexity index is 818. The molecule has 0 unspecified atom stereocenters. The second-order valence-electron chi connectivity index (χ2n) is 5.22. The van der Waals surface area contributed by atoms with Gasteiger partial charge in [-0.15, -0.1) is 13.2 Å². The molecule has 1 aromatic heterocycles. The highest BCUT2D eigenvalue weighted by atomic mass is 19.4. The second-order valence-corrected chi connectivity index (χ2v) is 5.22. The third-order valence-electron chi connectivity index (χ3n) is 3.35. The topological polar surface area (TPSA) is 52.0 Å². The number of hydrogen-bond donors (Lipinski definition) is 1. The lowest BCUT2D eigenvalue weighted by Crippen LogP contribution is -2.20. The van der Waals surface area contributed by atoms with Crippen molar-refractivity contribution in [3.63, 3.8) is 0 Å². The maximum atomic E-state index is 12.4. The van der Waals surface area contributed by atoms with Crippen molar-refractivity contribution in [3.05, 3.63) is 72.1 Å². The predicted octanol–water partition coefficient (Wildman–Crippen LogP) is 3.46. The molecule has 2 aromatic carbocycles. The molecule has 0 atom stereocenters. The van der Waals surface area contributed by atoms with Crippen molar-refractivity contribution >= 4 is 0 Å². The molecule has 3 aromatic rings. The third kappa shape index (κ3) is 4.80. The van der Waals surface area contributed by atoms with Gasteiger partial charge in [0.25, 0.3) is 0 Å². The van der Waals surface area contributed by atoms with Gasteiger partial charge in [-0.05, 0) is 18.2 Å². The Balaban J connectivity index is 1.60. The van der Waals surface area contributed by atoms with E-state index in [4.69, 9.17) is 0 Å². The van der Waals surface area contributed by atoms with E-state index in [0.29, 0.717) is 17.8 Å². The van der Waals surface area contributed by atoms with Crippen LogP contribution in [-0.2, 0) is 13.1 Å². The fraction of sp³-hybridized carbons (Fsp3) is 0.176. The molecule has 0 aliphatic rings. The monoisotopic (exact) mass is 348 g/mol. The van der Waals surface area contributed by atoms with E-state index in [1.54, 1.807) is 18.3 Å². The summed E-state index contributed by atoms with van der Waals surface area (Å²) in [5.41, 5.74) is 1.92. The highest BCUT2D eigenvalue weighted by molar-refractivity contribution is 5.33. The minimum absolute atomic E-state index is 0.213. The number of halogens is 3. The summed E-state index contributed by atoms with van der Waals surface area (Å²) in [6, 6.07) is 15.4. The van der Waals surface area contributed by atoms with E-state index >= 15 is 0 Å². The van der Waals surface area contributed by atoms with Crippen molar-refractivity contribution in [2.75, 3.05) is 0 Å². The van der Waals surface area contributed by atoms with E-state index in [1.807, 2.05) is 30.3 Å². The SMILES string of the molecule is FC(F)(F)Oc1ccccc1CNCc1cnn(-c2ccccc2)n1. The molecule has 1 N–H and O–H groups in total. The summed E-state index contributed by atoms with van der Waals surface area (Å²) < 4.78 is 41.3. The van der Waals surface area contributed by atoms with Crippen molar-refractivity contribution in [2.45, 2.75) is 19.5 Å². The van der Waals surface area contributed by atoms with Crippen LogP contribution in [0.1, 0.15) is 11.3 Å². The maximum absolute atomic E-state index is 12.4. The normalized spacial score (nSPS) is 11.5. The molecule has 0 aliphatic heterocycles. The number of nitrogens with zero attached hydrogens (tertiary/aromatic N) is 3. The first-order chi connectivity index (χ1) is 12.0. The molecule has 0 saturated carbocycles. The van der Waals surface area contributed by atoms with Crippen LogP contribution in [-0.4, -0.2) is 21.4 Å². The van der Waals surface area contributed by atoms with Crippen LogP contribution in [0.25, 0.3) is 5.69 Å². The predicted molar refractivity (Wildman–Crippen MR) is 85.0 cm³/mol. The fourth-order valence-corrected chi connectivity index (χ4v) is 2.26. The van der Waals surface area contributed by atoms with Crippen LogP contribution in [0.15, 0.2) is 60.8 Å². The number of nitrogens with one attached hydrogen (secondary N) is 1. The van der Waals surface area contributed by atoms with Crippen LogP contribution < -0.4 is 10.1 Å². The van der Waals surface area contributed by atoms with E-state index in [9.17, 15) is 13.2 Å². The summed E-state index contributed by atoms with van der Waals surface area (Å²) >= 11 is 0.